The summed E-state index contributed by atoms with van der Waals surface area (Å²) in [6.45, 7) is 1.64. The Balaban J connectivity index is 2.73. The molecule has 1 aromatic carbocycles. The van der Waals surface area contributed by atoms with Gasteiger partial charge in [0.2, 0.25) is 0 Å². The van der Waals surface area contributed by atoms with Gasteiger partial charge in [-0.1, -0.05) is 0 Å². The highest BCUT2D eigenvalue weighted by Gasteiger charge is 2.21. The lowest BCUT2D eigenvalue weighted by atomic mass is 10.1. The summed E-state index contributed by atoms with van der Waals surface area (Å²) in [5.41, 5.74) is -0.836. The molecule has 2 N–H and O–H groups in total. The number of carbonyl (C=O) groups excluding carboxylic acids is 1. The Kier molecular flexibility index (Phi) is 5.77. The number of carboxylic acid groups (broad SMARTS) is 1. The molecule has 0 aliphatic rings. The van der Waals surface area contributed by atoms with Crippen molar-refractivity contribution in [1.82, 2.24) is 5.32 Å². The monoisotopic (exact) mass is 298 g/mol. The fourth-order valence-corrected chi connectivity index (χ4v) is 1.78. The van der Waals surface area contributed by atoms with Crippen molar-refractivity contribution in [3.8, 4) is 0 Å². The zero-order chi connectivity index (χ0) is 16.0. The second-order valence-corrected chi connectivity index (χ2v) is 4.58. The Morgan fingerprint density at radius 2 is 2.14 bits per heavy atom. The quantitative estimate of drug-likeness (QED) is 0.591. The van der Waals surface area contributed by atoms with E-state index in [1.54, 1.807) is 6.92 Å². The van der Waals surface area contributed by atoms with Gasteiger partial charge in [0, 0.05) is 18.5 Å². The van der Waals surface area contributed by atoms with Gasteiger partial charge in [-0.15, -0.1) is 0 Å². The molecular weight excluding hydrogens is 283 g/mol. The highest BCUT2D eigenvalue weighted by Crippen LogP contribution is 2.19. The number of carbonyl (C=O) groups is 2. The fraction of sp³-hybridized carbons (Fsp3) is 0.385. The molecule has 1 rings (SSSR count). The van der Waals surface area contributed by atoms with Crippen molar-refractivity contribution in [2.75, 3.05) is 0 Å². The summed E-state index contributed by atoms with van der Waals surface area (Å²) >= 11 is 0. The molecule has 21 heavy (non-hydrogen) atoms. The number of nitrogens with zero attached hydrogens (tertiary/aromatic N) is 1. The third-order valence-corrected chi connectivity index (χ3v) is 2.81. The molecule has 1 atom stereocenters. The normalized spacial score (nSPS) is 11.7. The van der Waals surface area contributed by atoms with Gasteiger partial charge >= 0.3 is 5.97 Å². The lowest BCUT2D eigenvalue weighted by Gasteiger charge is -2.13. The molecule has 0 saturated carbocycles. The molecule has 7 nitrogen and oxygen atoms in total. The zero-order valence-electron chi connectivity index (χ0n) is 11.3. The standard InChI is InChI=1S/C13H15FN2O5/c1-8(3-2-4-12(17)18)15-13(19)10-7-9(14)5-6-11(10)16(20)21/h5-8H,2-4H2,1H3,(H,15,19)(H,17,18). The summed E-state index contributed by atoms with van der Waals surface area (Å²) in [4.78, 5) is 32.4. The van der Waals surface area contributed by atoms with E-state index in [2.05, 4.69) is 5.32 Å². The largest absolute Gasteiger partial charge is 0.481 e. The Bertz CT molecular complexity index is 561. The molecule has 0 aliphatic heterocycles. The van der Waals surface area contributed by atoms with Crippen LogP contribution in [0.25, 0.3) is 0 Å². The molecule has 0 heterocycles. The number of benzene rings is 1. The maximum atomic E-state index is 13.1. The molecular formula is C13H15FN2O5. The van der Waals surface area contributed by atoms with E-state index in [1.807, 2.05) is 0 Å². The van der Waals surface area contributed by atoms with Gasteiger partial charge in [0.25, 0.3) is 11.6 Å². The van der Waals surface area contributed by atoms with Gasteiger partial charge in [-0.2, -0.15) is 0 Å². The van der Waals surface area contributed by atoms with Gasteiger partial charge in [0.1, 0.15) is 11.4 Å². The highest BCUT2D eigenvalue weighted by atomic mass is 19.1. The van der Waals surface area contributed by atoms with Crippen molar-refractivity contribution in [2.45, 2.75) is 32.2 Å². The van der Waals surface area contributed by atoms with E-state index in [-0.39, 0.29) is 18.0 Å². The first-order valence-corrected chi connectivity index (χ1v) is 6.28. The number of hydrogen-bond acceptors (Lipinski definition) is 4. The number of amides is 1. The average molecular weight is 298 g/mol. The average Bonchev–Trinajstić information content (AvgIpc) is 2.37. The van der Waals surface area contributed by atoms with E-state index >= 15 is 0 Å². The number of nitro groups is 1. The maximum Gasteiger partial charge on any atom is 0.303 e. The van der Waals surface area contributed by atoms with Crippen molar-refractivity contribution in [3.05, 3.63) is 39.7 Å². The topological polar surface area (TPSA) is 110 Å². The Morgan fingerprint density at radius 3 is 2.71 bits per heavy atom. The maximum absolute atomic E-state index is 13.1. The highest BCUT2D eigenvalue weighted by molar-refractivity contribution is 5.98. The summed E-state index contributed by atoms with van der Waals surface area (Å²) in [6, 6.07) is 2.27. The van der Waals surface area contributed by atoms with Crippen LogP contribution in [-0.2, 0) is 4.79 Å². The van der Waals surface area contributed by atoms with Gasteiger partial charge in [0.05, 0.1) is 4.92 Å². The SMILES string of the molecule is CC(CCCC(=O)O)NC(=O)c1cc(F)ccc1[N+](=O)[O-]. The van der Waals surface area contributed by atoms with Crippen LogP contribution in [0.2, 0.25) is 0 Å². The smallest absolute Gasteiger partial charge is 0.303 e. The van der Waals surface area contributed by atoms with E-state index < -0.39 is 28.3 Å². The van der Waals surface area contributed by atoms with E-state index in [9.17, 15) is 24.1 Å². The summed E-state index contributed by atoms with van der Waals surface area (Å²) in [7, 11) is 0. The molecule has 1 amide bonds. The van der Waals surface area contributed by atoms with Gasteiger partial charge in [-0.05, 0) is 31.9 Å². The first-order valence-electron chi connectivity index (χ1n) is 6.28. The van der Waals surface area contributed by atoms with Crippen LogP contribution in [0, 0.1) is 15.9 Å². The van der Waals surface area contributed by atoms with Crippen molar-refractivity contribution >= 4 is 17.6 Å². The third-order valence-electron chi connectivity index (χ3n) is 2.81. The molecule has 0 aliphatic carbocycles. The fourth-order valence-electron chi connectivity index (χ4n) is 1.78. The number of nitrogens with one attached hydrogen (secondary N) is 1. The molecule has 1 aromatic rings. The molecule has 0 aromatic heterocycles. The number of hydrogen-bond donors (Lipinski definition) is 2. The van der Waals surface area contributed by atoms with E-state index in [1.165, 1.54) is 0 Å². The van der Waals surface area contributed by atoms with Crippen LogP contribution in [0.4, 0.5) is 10.1 Å². The van der Waals surface area contributed by atoms with Crippen molar-refractivity contribution in [2.24, 2.45) is 0 Å². The number of nitro benzene ring substituents is 1. The molecule has 0 radical (unpaired) electrons. The Morgan fingerprint density at radius 1 is 1.48 bits per heavy atom. The van der Waals surface area contributed by atoms with Gasteiger partial charge in [0.15, 0.2) is 0 Å². The molecule has 114 valence electrons. The lowest BCUT2D eigenvalue weighted by molar-refractivity contribution is -0.385. The third kappa shape index (κ3) is 5.17. The minimum Gasteiger partial charge on any atom is -0.481 e. The molecule has 8 heteroatoms. The summed E-state index contributed by atoms with van der Waals surface area (Å²) in [5, 5.41) is 21.8. The lowest BCUT2D eigenvalue weighted by Crippen LogP contribution is -2.33. The predicted octanol–water partition coefficient (Wildman–Crippen LogP) is 2.11. The van der Waals surface area contributed by atoms with Crippen molar-refractivity contribution in [3.63, 3.8) is 0 Å². The van der Waals surface area contributed by atoms with Crippen LogP contribution in [-0.4, -0.2) is 27.9 Å². The molecule has 0 bridgehead atoms. The first-order chi connectivity index (χ1) is 9.81. The van der Waals surface area contributed by atoms with Crippen LogP contribution < -0.4 is 5.32 Å². The van der Waals surface area contributed by atoms with Crippen LogP contribution in [0.15, 0.2) is 18.2 Å². The van der Waals surface area contributed by atoms with Crippen molar-refractivity contribution in [1.29, 1.82) is 0 Å². The van der Waals surface area contributed by atoms with E-state index in [0.717, 1.165) is 18.2 Å². The molecule has 1 unspecified atom stereocenters. The zero-order valence-corrected chi connectivity index (χ0v) is 11.3. The number of rotatable bonds is 7. The predicted molar refractivity (Wildman–Crippen MR) is 71.5 cm³/mol. The molecule has 0 fully saturated rings. The minimum absolute atomic E-state index is 0.0275. The van der Waals surface area contributed by atoms with Crippen LogP contribution in [0.3, 0.4) is 0 Å². The number of carboxylic acids is 1. The Hall–Kier alpha value is -2.51. The van der Waals surface area contributed by atoms with E-state index in [4.69, 9.17) is 5.11 Å². The first kappa shape index (κ1) is 16.5. The van der Waals surface area contributed by atoms with Crippen LogP contribution in [0.1, 0.15) is 36.5 Å². The van der Waals surface area contributed by atoms with Crippen LogP contribution >= 0.6 is 0 Å². The summed E-state index contributed by atoms with van der Waals surface area (Å²) in [6.07, 6.45) is 0.740. The van der Waals surface area contributed by atoms with Crippen molar-refractivity contribution < 1.29 is 24.0 Å². The second-order valence-electron chi connectivity index (χ2n) is 4.58. The van der Waals surface area contributed by atoms with Gasteiger partial charge in [-0.3, -0.25) is 19.7 Å². The van der Waals surface area contributed by atoms with Gasteiger partial charge in [-0.25, -0.2) is 4.39 Å². The molecule has 0 saturated heterocycles. The number of aliphatic carboxylic acids is 1. The summed E-state index contributed by atoms with van der Waals surface area (Å²) < 4.78 is 13.1. The minimum atomic E-state index is -0.936. The van der Waals surface area contributed by atoms with Crippen LogP contribution in [0.5, 0.6) is 0 Å². The van der Waals surface area contributed by atoms with Gasteiger partial charge < -0.3 is 10.4 Å². The number of halogens is 1. The second kappa shape index (κ2) is 7.32. The Labute approximate surface area is 119 Å². The van der Waals surface area contributed by atoms with E-state index in [0.29, 0.717) is 12.8 Å². The molecule has 0 spiro atoms. The summed E-state index contributed by atoms with van der Waals surface area (Å²) in [5.74, 6) is -2.44.